The minimum Gasteiger partial charge on any atom is -0.481 e. The summed E-state index contributed by atoms with van der Waals surface area (Å²) >= 11 is 7.33. The van der Waals surface area contributed by atoms with Gasteiger partial charge < -0.3 is 9.30 Å². The Morgan fingerprint density at radius 3 is 2.67 bits per heavy atom. The molecule has 0 bridgehead atoms. The second-order valence-electron chi connectivity index (χ2n) is 5.21. The smallest absolute Gasteiger partial charge is 0.280 e. The van der Waals surface area contributed by atoms with E-state index in [9.17, 15) is 4.79 Å². The Balaban J connectivity index is 1.71. The van der Waals surface area contributed by atoms with Crippen molar-refractivity contribution >= 4 is 39.1 Å². The van der Waals surface area contributed by atoms with E-state index in [1.165, 1.54) is 11.3 Å². The van der Waals surface area contributed by atoms with Crippen LogP contribution >= 0.6 is 22.9 Å². The molecule has 5 nitrogen and oxygen atoms in total. The maximum atomic E-state index is 12.2. The Morgan fingerprint density at radius 2 is 1.96 bits per heavy atom. The molecular formula is C17H16ClN3O2S. The molecule has 7 heteroatoms. The molecule has 3 rings (SSSR count). The van der Waals surface area contributed by atoms with Gasteiger partial charge in [-0.1, -0.05) is 35.1 Å². The second kappa shape index (κ2) is 7.07. The van der Waals surface area contributed by atoms with Crippen LogP contribution in [0.1, 0.15) is 6.92 Å². The van der Waals surface area contributed by atoms with E-state index in [0.29, 0.717) is 15.6 Å². The number of hydrogen-bond donors (Lipinski definition) is 1. The van der Waals surface area contributed by atoms with Crippen LogP contribution in [-0.2, 0) is 11.8 Å². The van der Waals surface area contributed by atoms with E-state index < -0.39 is 6.10 Å². The number of aryl methyl sites for hydroxylation is 1. The molecular weight excluding hydrogens is 346 g/mol. The molecule has 2 aromatic carbocycles. The minimum absolute atomic E-state index is 0.317. The molecule has 0 aliphatic carbocycles. The van der Waals surface area contributed by atoms with Crippen LogP contribution in [0.4, 0.5) is 0 Å². The van der Waals surface area contributed by atoms with Crippen LogP contribution in [0.2, 0.25) is 5.02 Å². The molecule has 1 aromatic heterocycles. The van der Waals surface area contributed by atoms with E-state index in [4.69, 9.17) is 16.3 Å². The fraction of sp³-hybridized carbons (Fsp3) is 0.176. The molecule has 0 radical (unpaired) electrons. The van der Waals surface area contributed by atoms with E-state index in [2.05, 4.69) is 10.5 Å². The average molecular weight is 362 g/mol. The highest BCUT2D eigenvalue weighted by Crippen LogP contribution is 2.17. The molecule has 1 heterocycles. The van der Waals surface area contributed by atoms with Crippen molar-refractivity contribution in [3.05, 3.63) is 58.4 Å². The summed E-state index contributed by atoms with van der Waals surface area (Å²) in [6.45, 7) is 1.67. The first kappa shape index (κ1) is 16.5. The van der Waals surface area contributed by atoms with Crippen LogP contribution in [0.25, 0.3) is 10.2 Å². The number of thiazole rings is 1. The monoisotopic (exact) mass is 361 g/mol. The summed E-state index contributed by atoms with van der Waals surface area (Å²) < 4.78 is 8.62. The number of fused-ring (bicyclic) bond motifs is 1. The van der Waals surface area contributed by atoms with Gasteiger partial charge in [-0.15, -0.1) is 5.10 Å². The predicted molar refractivity (Wildman–Crippen MR) is 96.0 cm³/mol. The molecule has 0 fully saturated rings. The first-order valence-corrected chi connectivity index (χ1v) is 8.54. The largest absolute Gasteiger partial charge is 0.481 e. The molecule has 0 aliphatic heterocycles. The van der Waals surface area contributed by atoms with Gasteiger partial charge in [0.25, 0.3) is 5.91 Å². The molecule has 0 saturated carbocycles. The molecule has 1 atom stereocenters. The first-order valence-electron chi connectivity index (χ1n) is 7.35. The highest BCUT2D eigenvalue weighted by Gasteiger charge is 2.14. The van der Waals surface area contributed by atoms with Gasteiger partial charge in [0.05, 0.1) is 10.2 Å². The van der Waals surface area contributed by atoms with E-state index in [1.54, 1.807) is 31.2 Å². The SMILES string of the molecule is C[C@@H](Oc1ccc(Cl)cc1)C(=O)N/N=c1/sc2ccccc2n1C. The van der Waals surface area contributed by atoms with Crippen molar-refractivity contribution in [2.45, 2.75) is 13.0 Å². The predicted octanol–water partition coefficient (Wildman–Crippen LogP) is 3.29. The summed E-state index contributed by atoms with van der Waals surface area (Å²) in [6, 6.07) is 14.8. The number of amides is 1. The van der Waals surface area contributed by atoms with Crippen LogP contribution in [0.5, 0.6) is 5.75 Å². The Hall–Kier alpha value is -2.31. The Labute approximate surface area is 148 Å². The summed E-state index contributed by atoms with van der Waals surface area (Å²) in [5.41, 5.74) is 3.63. The number of ether oxygens (including phenoxy) is 1. The lowest BCUT2D eigenvalue weighted by Crippen LogP contribution is -2.35. The fourth-order valence-electron chi connectivity index (χ4n) is 2.15. The molecule has 1 amide bonds. The van der Waals surface area contributed by atoms with Crippen molar-refractivity contribution in [3.63, 3.8) is 0 Å². The maximum absolute atomic E-state index is 12.2. The van der Waals surface area contributed by atoms with E-state index in [1.807, 2.05) is 35.9 Å². The van der Waals surface area contributed by atoms with Gasteiger partial charge in [-0.05, 0) is 43.3 Å². The number of hydrogen-bond acceptors (Lipinski definition) is 4. The lowest BCUT2D eigenvalue weighted by Gasteiger charge is -2.12. The molecule has 24 heavy (non-hydrogen) atoms. The molecule has 0 spiro atoms. The molecule has 0 unspecified atom stereocenters. The lowest BCUT2D eigenvalue weighted by atomic mass is 10.3. The van der Waals surface area contributed by atoms with Crippen molar-refractivity contribution in [2.24, 2.45) is 12.1 Å². The molecule has 0 aliphatic rings. The quantitative estimate of drug-likeness (QED) is 0.725. The summed E-state index contributed by atoms with van der Waals surface area (Å²) in [5.74, 6) is 0.261. The number of benzene rings is 2. The first-order chi connectivity index (χ1) is 11.5. The standard InChI is InChI=1S/C17H16ClN3O2S/c1-11(23-13-9-7-12(18)8-10-13)16(22)19-20-17-21(2)14-5-3-4-6-15(14)24-17/h3-11H,1-2H3,(H,19,22)/b20-17+/t11-/m1/s1. The number of aromatic nitrogens is 1. The van der Waals surface area contributed by atoms with Crippen molar-refractivity contribution in [1.82, 2.24) is 9.99 Å². The third-order valence-electron chi connectivity index (χ3n) is 3.47. The highest BCUT2D eigenvalue weighted by atomic mass is 35.5. The zero-order valence-corrected chi connectivity index (χ0v) is 14.8. The summed E-state index contributed by atoms with van der Waals surface area (Å²) in [4.78, 5) is 12.9. The van der Waals surface area contributed by atoms with Gasteiger partial charge in [-0.25, -0.2) is 5.43 Å². The molecule has 0 saturated heterocycles. The average Bonchev–Trinajstić information content (AvgIpc) is 2.91. The van der Waals surface area contributed by atoms with Crippen molar-refractivity contribution in [2.75, 3.05) is 0 Å². The van der Waals surface area contributed by atoms with Crippen LogP contribution in [-0.4, -0.2) is 16.6 Å². The summed E-state index contributed by atoms with van der Waals surface area (Å²) in [6.07, 6.45) is -0.672. The molecule has 124 valence electrons. The second-order valence-corrected chi connectivity index (χ2v) is 6.66. The number of para-hydroxylation sites is 1. The van der Waals surface area contributed by atoms with Crippen molar-refractivity contribution < 1.29 is 9.53 Å². The van der Waals surface area contributed by atoms with E-state index >= 15 is 0 Å². The molecule has 3 aromatic rings. The number of nitrogens with zero attached hydrogens (tertiary/aromatic N) is 2. The van der Waals surface area contributed by atoms with Gasteiger partial charge in [0.2, 0.25) is 4.80 Å². The molecule has 1 N–H and O–H groups in total. The van der Waals surface area contributed by atoms with Crippen LogP contribution in [0, 0.1) is 0 Å². The van der Waals surface area contributed by atoms with E-state index in [-0.39, 0.29) is 5.91 Å². The van der Waals surface area contributed by atoms with E-state index in [0.717, 1.165) is 10.2 Å². The maximum Gasteiger partial charge on any atom is 0.280 e. The topological polar surface area (TPSA) is 55.6 Å². The number of carbonyl (C=O) groups excluding carboxylic acids is 1. The zero-order chi connectivity index (χ0) is 17.1. The Morgan fingerprint density at radius 1 is 1.25 bits per heavy atom. The third kappa shape index (κ3) is 3.60. The Kier molecular flexibility index (Phi) is 4.87. The van der Waals surface area contributed by atoms with Crippen molar-refractivity contribution in [3.8, 4) is 5.75 Å². The lowest BCUT2D eigenvalue weighted by molar-refractivity contribution is -0.127. The highest BCUT2D eigenvalue weighted by molar-refractivity contribution is 7.16. The number of rotatable bonds is 4. The normalized spacial score (nSPS) is 13.0. The van der Waals surface area contributed by atoms with Gasteiger partial charge in [-0.3, -0.25) is 4.79 Å². The van der Waals surface area contributed by atoms with Crippen LogP contribution in [0.3, 0.4) is 0 Å². The summed E-state index contributed by atoms with van der Waals surface area (Å²) in [7, 11) is 1.91. The van der Waals surface area contributed by atoms with Gasteiger partial charge in [0, 0.05) is 12.1 Å². The number of nitrogens with one attached hydrogen (secondary N) is 1. The van der Waals surface area contributed by atoms with Crippen LogP contribution in [0.15, 0.2) is 53.6 Å². The van der Waals surface area contributed by atoms with Gasteiger partial charge >= 0.3 is 0 Å². The zero-order valence-electron chi connectivity index (χ0n) is 13.2. The minimum atomic E-state index is -0.672. The van der Waals surface area contributed by atoms with Crippen molar-refractivity contribution in [1.29, 1.82) is 0 Å². The third-order valence-corrected chi connectivity index (χ3v) is 4.84. The fourth-order valence-corrected chi connectivity index (χ4v) is 3.26. The van der Waals surface area contributed by atoms with Crippen LogP contribution < -0.4 is 15.0 Å². The Bertz CT molecular complexity index is 931. The summed E-state index contributed by atoms with van der Waals surface area (Å²) in [5, 5.41) is 4.82. The number of halogens is 1. The van der Waals surface area contributed by atoms with Gasteiger partial charge in [-0.2, -0.15) is 0 Å². The van der Waals surface area contributed by atoms with Gasteiger partial charge in [0.1, 0.15) is 5.75 Å². The van der Waals surface area contributed by atoms with Gasteiger partial charge in [0.15, 0.2) is 6.10 Å². The number of carbonyl (C=O) groups is 1.